The predicted octanol–water partition coefficient (Wildman–Crippen LogP) is 5.89. The summed E-state index contributed by atoms with van der Waals surface area (Å²) in [6.45, 7) is 5.60. The van der Waals surface area contributed by atoms with Crippen molar-refractivity contribution in [1.29, 1.82) is 0 Å². The van der Waals surface area contributed by atoms with E-state index in [9.17, 15) is 9.18 Å². The molecule has 7 heteroatoms. The zero-order valence-electron chi connectivity index (χ0n) is 16.0. The van der Waals surface area contributed by atoms with Gasteiger partial charge in [-0.25, -0.2) is 9.18 Å². The summed E-state index contributed by atoms with van der Waals surface area (Å²) in [5.41, 5.74) is 5.60. The van der Waals surface area contributed by atoms with Crippen LogP contribution in [-0.4, -0.2) is 21.2 Å². The quantitative estimate of drug-likeness (QED) is 0.455. The molecule has 4 rings (SSSR count). The maximum Gasteiger partial charge on any atom is 0.338 e. The Morgan fingerprint density at radius 1 is 1.03 bits per heavy atom. The van der Waals surface area contributed by atoms with Gasteiger partial charge in [-0.15, -0.1) is 0 Å². The van der Waals surface area contributed by atoms with Crippen LogP contribution in [0.4, 0.5) is 4.39 Å². The summed E-state index contributed by atoms with van der Waals surface area (Å²) < 4.78 is 19.7. The van der Waals surface area contributed by atoms with E-state index in [-0.39, 0.29) is 17.0 Å². The first-order valence-corrected chi connectivity index (χ1v) is 9.81. The second kappa shape index (κ2) is 7.25. The average molecular weight is 408 g/mol. The molecule has 5 nitrogen and oxygen atoms in total. The highest BCUT2D eigenvalue weighted by molar-refractivity contribution is 7.08. The number of halogens is 1. The van der Waals surface area contributed by atoms with E-state index in [2.05, 4.69) is 27.8 Å². The van der Waals surface area contributed by atoms with Crippen molar-refractivity contribution in [3.05, 3.63) is 69.2 Å². The van der Waals surface area contributed by atoms with Gasteiger partial charge in [0, 0.05) is 11.1 Å². The summed E-state index contributed by atoms with van der Waals surface area (Å²) in [5.74, 6) is -1.59. The molecular weight excluding hydrogens is 391 g/mol. The van der Waals surface area contributed by atoms with Gasteiger partial charge in [-0.05, 0) is 83.6 Å². The second-order valence-corrected chi connectivity index (χ2v) is 7.57. The smallest absolute Gasteiger partial charge is 0.338 e. The van der Waals surface area contributed by atoms with E-state index < -0.39 is 11.8 Å². The van der Waals surface area contributed by atoms with Gasteiger partial charge in [0.05, 0.1) is 5.56 Å². The Balaban J connectivity index is 1.70. The maximum atomic E-state index is 14.3. The third-order valence-corrected chi connectivity index (χ3v) is 5.76. The number of aromatic carboxylic acids is 1. The fourth-order valence-corrected chi connectivity index (χ4v) is 4.13. The number of rotatable bonds is 4. The molecule has 2 aromatic carbocycles. The Morgan fingerprint density at radius 3 is 2.45 bits per heavy atom. The lowest BCUT2D eigenvalue weighted by atomic mass is 9.98. The predicted molar refractivity (Wildman–Crippen MR) is 110 cm³/mol. The number of benzene rings is 2. The van der Waals surface area contributed by atoms with Crippen LogP contribution >= 0.6 is 11.3 Å². The van der Waals surface area contributed by atoms with E-state index >= 15 is 0 Å². The normalized spacial score (nSPS) is 11.0. The third kappa shape index (κ3) is 3.34. The van der Waals surface area contributed by atoms with Crippen LogP contribution in [0, 0.1) is 26.6 Å². The van der Waals surface area contributed by atoms with Gasteiger partial charge >= 0.3 is 5.97 Å². The Kier molecular flexibility index (Phi) is 4.76. The van der Waals surface area contributed by atoms with Crippen LogP contribution in [0.1, 0.15) is 27.0 Å². The van der Waals surface area contributed by atoms with E-state index in [1.165, 1.54) is 30.2 Å². The van der Waals surface area contributed by atoms with Crippen molar-refractivity contribution in [2.75, 3.05) is 0 Å². The molecule has 0 aliphatic carbocycles. The van der Waals surface area contributed by atoms with Gasteiger partial charge in [0.2, 0.25) is 5.82 Å². The van der Waals surface area contributed by atoms with E-state index in [0.29, 0.717) is 11.5 Å². The fourth-order valence-electron chi connectivity index (χ4n) is 3.28. The summed E-state index contributed by atoms with van der Waals surface area (Å²) in [7, 11) is 0. The second-order valence-electron chi connectivity index (χ2n) is 6.83. The first-order chi connectivity index (χ1) is 13.9. The lowest BCUT2D eigenvalue weighted by Crippen LogP contribution is -2.03. The van der Waals surface area contributed by atoms with Crippen molar-refractivity contribution in [2.24, 2.45) is 0 Å². The van der Waals surface area contributed by atoms with E-state index in [1.807, 2.05) is 25.1 Å². The summed E-state index contributed by atoms with van der Waals surface area (Å²) >= 11 is 1.67. The van der Waals surface area contributed by atoms with Crippen molar-refractivity contribution in [2.45, 2.75) is 20.8 Å². The standard InChI is InChI=1S/C22H17FN2O3S/c1-11-8-14(4-5-15(11)18-10-29-9-12(18)2)21-24-20(25-28-21)16-6-7-17(22(26)27)19(23)13(16)3/h4-10H,1-3H3,(H,26,27). The number of aryl methyl sites for hydroxylation is 2. The number of nitrogens with zero attached hydrogens (tertiary/aromatic N) is 2. The molecule has 29 heavy (non-hydrogen) atoms. The number of hydrogen-bond donors (Lipinski definition) is 1. The van der Waals surface area contributed by atoms with E-state index in [0.717, 1.165) is 16.7 Å². The molecular formula is C22H17FN2O3S. The van der Waals surface area contributed by atoms with Crippen LogP contribution in [-0.2, 0) is 0 Å². The molecule has 0 saturated heterocycles. The highest BCUT2D eigenvalue weighted by Crippen LogP contribution is 2.33. The van der Waals surface area contributed by atoms with Gasteiger partial charge < -0.3 is 9.63 Å². The third-order valence-electron chi connectivity index (χ3n) is 4.90. The summed E-state index contributed by atoms with van der Waals surface area (Å²) in [6.07, 6.45) is 0. The summed E-state index contributed by atoms with van der Waals surface area (Å²) in [4.78, 5) is 15.5. The number of aromatic nitrogens is 2. The van der Waals surface area contributed by atoms with Gasteiger partial charge in [0.1, 0.15) is 5.82 Å². The van der Waals surface area contributed by atoms with Crippen LogP contribution in [0.2, 0.25) is 0 Å². The molecule has 0 bridgehead atoms. The Hall–Kier alpha value is -3.32. The van der Waals surface area contributed by atoms with Crippen molar-refractivity contribution in [3.8, 4) is 34.0 Å². The first-order valence-electron chi connectivity index (χ1n) is 8.87. The Bertz CT molecular complexity index is 1240. The Labute approximate surface area is 170 Å². The van der Waals surface area contributed by atoms with Crippen LogP contribution in [0.15, 0.2) is 45.6 Å². The molecule has 4 aromatic rings. The number of hydrogen-bond acceptors (Lipinski definition) is 5. The van der Waals surface area contributed by atoms with Crippen LogP contribution in [0.5, 0.6) is 0 Å². The average Bonchev–Trinajstić information content (AvgIpc) is 3.33. The lowest BCUT2D eigenvalue weighted by Gasteiger charge is -2.07. The molecule has 1 N–H and O–H groups in total. The minimum absolute atomic E-state index is 0.164. The molecule has 0 unspecified atom stereocenters. The topological polar surface area (TPSA) is 76.2 Å². The van der Waals surface area contributed by atoms with Crippen molar-refractivity contribution < 1.29 is 18.8 Å². The molecule has 2 heterocycles. The number of carbonyl (C=O) groups is 1. The highest BCUT2D eigenvalue weighted by atomic mass is 32.1. The number of carboxylic acid groups (broad SMARTS) is 1. The molecule has 146 valence electrons. The van der Waals surface area contributed by atoms with Gasteiger partial charge in [0.15, 0.2) is 0 Å². The molecule has 0 radical (unpaired) electrons. The molecule has 0 amide bonds. The van der Waals surface area contributed by atoms with Gasteiger partial charge in [-0.1, -0.05) is 11.2 Å². The van der Waals surface area contributed by atoms with Crippen LogP contribution in [0.3, 0.4) is 0 Å². The highest BCUT2D eigenvalue weighted by Gasteiger charge is 2.19. The van der Waals surface area contributed by atoms with Crippen molar-refractivity contribution in [3.63, 3.8) is 0 Å². The van der Waals surface area contributed by atoms with Crippen molar-refractivity contribution >= 4 is 17.3 Å². The van der Waals surface area contributed by atoms with Gasteiger partial charge in [0.25, 0.3) is 5.89 Å². The molecule has 2 aromatic heterocycles. The molecule has 0 atom stereocenters. The fraction of sp³-hybridized carbons (Fsp3) is 0.136. The molecule has 0 fully saturated rings. The van der Waals surface area contributed by atoms with Crippen LogP contribution < -0.4 is 0 Å². The van der Waals surface area contributed by atoms with Crippen LogP contribution in [0.25, 0.3) is 34.0 Å². The molecule has 0 aliphatic heterocycles. The largest absolute Gasteiger partial charge is 0.478 e. The zero-order chi connectivity index (χ0) is 20.7. The SMILES string of the molecule is Cc1cc(-c2nc(-c3ccc(C(=O)O)c(F)c3C)no2)ccc1-c1cscc1C. The molecule has 0 saturated carbocycles. The lowest BCUT2D eigenvalue weighted by molar-refractivity contribution is 0.0691. The minimum Gasteiger partial charge on any atom is -0.478 e. The molecule has 0 spiro atoms. The van der Waals surface area contributed by atoms with E-state index in [4.69, 9.17) is 9.63 Å². The first kappa shape index (κ1) is 19.0. The molecule has 0 aliphatic rings. The van der Waals surface area contributed by atoms with Gasteiger partial charge in [-0.2, -0.15) is 16.3 Å². The number of thiophene rings is 1. The minimum atomic E-state index is -1.32. The monoisotopic (exact) mass is 408 g/mol. The summed E-state index contributed by atoms with van der Waals surface area (Å²) in [6, 6.07) is 8.61. The maximum absolute atomic E-state index is 14.3. The van der Waals surface area contributed by atoms with E-state index in [1.54, 1.807) is 11.3 Å². The zero-order valence-corrected chi connectivity index (χ0v) is 16.8. The summed E-state index contributed by atoms with van der Waals surface area (Å²) in [5, 5.41) is 17.2. The Morgan fingerprint density at radius 2 is 1.79 bits per heavy atom. The van der Waals surface area contributed by atoms with Crippen molar-refractivity contribution in [1.82, 2.24) is 10.1 Å². The van der Waals surface area contributed by atoms with Gasteiger partial charge in [-0.3, -0.25) is 0 Å². The number of carboxylic acids is 1.